The Labute approximate surface area is 86.4 Å². The Morgan fingerprint density at radius 3 is 2.20 bits per heavy atom. The van der Waals surface area contributed by atoms with Crippen LogP contribution in [0.1, 0.15) is 20.3 Å². The van der Waals surface area contributed by atoms with Crippen molar-refractivity contribution in [3.8, 4) is 0 Å². The van der Waals surface area contributed by atoms with E-state index < -0.39 is 17.8 Å². The van der Waals surface area contributed by atoms with Gasteiger partial charge in [0.05, 0.1) is 6.42 Å². The molecule has 0 fully saturated rings. The summed E-state index contributed by atoms with van der Waals surface area (Å²) in [5.74, 6) is -2.11. The molecule has 0 unspecified atom stereocenters. The van der Waals surface area contributed by atoms with E-state index in [1.165, 1.54) is 0 Å². The molecule has 0 saturated carbocycles. The molecule has 0 N–H and O–H groups in total. The van der Waals surface area contributed by atoms with E-state index in [0.717, 1.165) is 17.1 Å². The highest BCUT2D eigenvalue weighted by molar-refractivity contribution is 6.12. The minimum Gasteiger partial charge on any atom is -0.275 e. The molecular weight excluding hydrogens is 205 g/mol. The molecule has 0 aromatic heterocycles. The number of imide groups is 1. The van der Waals surface area contributed by atoms with Crippen LogP contribution in [0.2, 0.25) is 0 Å². The Balaban J connectivity index is 0.000000921. The van der Waals surface area contributed by atoms with Gasteiger partial charge in [0.15, 0.2) is 0 Å². The van der Waals surface area contributed by atoms with E-state index in [9.17, 15) is 18.9 Å². The molecule has 1 aliphatic rings. The monoisotopic (exact) mass is 217 g/mol. The summed E-state index contributed by atoms with van der Waals surface area (Å²) in [6.45, 7) is 3.84. The molecule has 2 amide bonds. The molecule has 5 nitrogen and oxygen atoms in total. The SMILES string of the molecule is CC.O=C(CCN1C(=O)C=CC1=O)OF. The van der Waals surface area contributed by atoms with Gasteiger partial charge in [-0.15, -0.1) is 0 Å². The predicted octanol–water partition coefficient (Wildman–Crippen LogP) is 0.755. The summed E-state index contributed by atoms with van der Waals surface area (Å²) in [6.07, 6.45) is 1.84. The highest BCUT2D eigenvalue weighted by atomic mass is 19.3. The van der Waals surface area contributed by atoms with Crippen molar-refractivity contribution in [2.75, 3.05) is 6.54 Å². The summed E-state index contributed by atoms with van der Waals surface area (Å²) >= 11 is 0. The second-order valence-electron chi connectivity index (χ2n) is 2.36. The molecule has 0 radical (unpaired) electrons. The number of halogens is 1. The largest absolute Gasteiger partial charge is 0.350 e. The maximum absolute atomic E-state index is 11.2. The summed E-state index contributed by atoms with van der Waals surface area (Å²) in [5, 5.41) is 0. The predicted molar refractivity (Wildman–Crippen MR) is 49.0 cm³/mol. The van der Waals surface area contributed by atoms with Gasteiger partial charge in [-0.1, -0.05) is 13.8 Å². The van der Waals surface area contributed by atoms with Crippen molar-refractivity contribution in [3.05, 3.63) is 12.2 Å². The average Bonchev–Trinajstić information content (AvgIpc) is 2.58. The van der Waals surface area contributed by atoms with Crippen LogP contribution in [-0.2, 0) is 19.3 Å². The molecule has 0 bridgehead atoms. The first-order valence-electron chi connectivity index (χ1n) is 4.50. The Morgan fingerprint density at radius 2 is 1.80 bits per heavy atom. The molecule has 0 aromatic rings. The topological polar surface area (TPSA) is 63.7 Å². The first kappa shape index (κ1) is 13.3. The van der Waals surface area contributed by atoms with Gasteiger partial charge in [0.1, 0.15) is 0 Å². The smallest absolute Gasteiger partial charge is 0.275 e. The molecular formula is C9H12FNO4. The molecule has 6 heteroatoms. The zero-order valence-electron chi connectivity index (χ0n) is 8.53. The van der Waals surface area contributed by atoms with Crippen LogP contribution >= 0.6 is 0 Å². The number of amides is 2. The lowest BCUT2D eigenvalue weighted by Crippen LogP contribution is -2.32. The van der Waals surface area contributed by atoms with Gasteiger partial charge in [-0.05, 0) is 0 Å². The van der Waals surface area contributed by atoms with Gasteiger partial charge in [0.2, 0.25) is 0 Å². The Morgan fingerprint density at radius 1 is 1.33 bits per heavy atom. The first-order valence-corrected chi connectivity index (χ1v) is 4.50. The minimum atomic E-state index is -1.10. The molecule has 1 rings (SSSR count). The van der Waals surface area contributed by atoms with Crippen molar-refractivity contribution in [1.82, 2.24) is 4.90 Å². The van der Waals surface area contributed by atoms with Crippen LogP contribution in [0.3, 0.4) is 0 Å². The quantitative estimate of drug-likeness (QED) is 0.654. The number of rotatable bonds is 3. The fraction of sp³-hybridized carbons (Fsp3) is 0.444. The van der Waals surface area contributed by atoms with Crippen molar-refractivity contribution >= 4 is 17.8 Å². The Hall–Kier alpha value is -1.72. The molecule has 0 aliphatic carbocycles. The van der Waals surface area contributed by atoms with E-state index in [1.807, 2.05) is 13.8 Å². The highest BCUT2D eigenvalue weighted by Gasteiger charge is 2.23. The fourth-order valence-electron chi connectivity index (χ4n) is 0.893. The van der Waals surface area contributed by atoms with Gasteiger partial charge in [-0.2, -0.15) is 0 Å². The van der Waals surface area contributed by atoms with Crippen molar-refractivity contribution in [3.63, 3.8) is 0 Å². The maximum Gasteiger partial charge on any atom is 0.350 e. The van der Waals surface area contributed by atoms with Gasteiger partial charge in [0, 0.05) is 23.2 Å². The summed E-state index contributed by atoms with van der Waals surface area (Å²) in [7, 11) is 0. The van der Waals surface area contributed by atoms with Gasteiger partial charge in [0.25, 0.3) is 11.8 Å². The Kier molecular flexibility index (Phi) is 5.92. The third kappa shape index (κ3) is 3.88. The minimum absolute atomic E-state index is 0.159. The van der Waals surface area contributed by atoms with Gasteiger partial charge < -0.3 is 0 Å². The third-order valence-corrected chi connectivity index (χ3v) is 1.53. The van der Waals surface area contributed by atoms with Gasteiger partial charge in [-0.25, -0.2) is 4.79 Å². The number of carbonyl (C=O) groups excluding carboxylic acids is 3. The molecule has 1 aliphatic heterocycles. The highest BCUT2D eigenvalue weighted by Crippen LogP contribution is 2.04. The second kappa shape index (κ2) is 6.69. The van der Waals surface area contributed by atoms with Crippen LogP contribution < -0.4 is 0 Å². The molecule has 1 heterocycles. The van der Waals surface area contributed by atoms with Gasteiger partial charge in [-0.3, -0.25) is 19.4 Å². The zero-order valence-corrected chi connectivity index (χ0v) is 8.53. The number of hydrogen-bond acceptors (Lipinski definition) is 4. The average molecular weight is 217 g/mol. The van der Waals surface area contributed by atoms with E-state index in [1.54, 1.807) is 0 Å². The van der Waals surface area contributed by atoms with Crippen LogP contribution in [0.5, 0.6) is 0 Å². The molecule has 0 saturated heterocycles. The summed E-state index contributed by atoms with van der Waals surface area (Å²) in [5.41, 5.74) is 0. The number of carbonyl (C=O) groups is 3. The van der Waals surface area contributed by atoms with Crippen molar-refractivity contribution in [2.45, 2.75) is 20.3 Å². The number of nitrogens with zero attached hydrogens (tertiary/aromatic N) is 1. The van der Waals surface area contributed by atoms with Crippen molar-refractivity contribution in [2.24, 2.45) is 0 Å². The molecule has 0 aromatic carbocycles. The lowest BCUT2D eigenvalue weighted by atomic mass is 10.4. The second-order valence-corrected chi connectivity index (χ2v) is 2.36. The maximum atomic E-state index is 11.2. The molecule has 15 heavy (non-hydrogen) atoms. The van der Waals surface area contributed by atoms with Crippen molar-refractivity contribution < 1.29 is 23.9 Å². The number of hydrogen-bond donors (Lipinski definition) is 0. The van der Waals surface area contributed by atoms with E-state index in [-0.39, 0.29) is 13.0 Å². The molecule has 0 atom stereocenters. The van der Waals surface area contributed by atoms with Crippen molar-refractivity contribution in [1.29, 1.82) is 0 Å². The first-order chi connectivity index (χ1) is 7.15. The van der Waals surface area contributed by atoms with Crippen LogP contribution in [0.25, 0.3) is 0 Å². The summed E-state index contributed by atoms with van der Waals surface area (Å²) in [4.78, 5) is 35.7. The third-order valence-electron chi connectivity index (χ3n) is 1.53. The standard InChI is InChI=1S/C7H6FNO4.C2H6/c8-13-7(12)3-4-9-5(10)1-2-6(9)11;1-2/h1-2H,3-4H2;1-2H3. The van der Waals surface area contributed by atoms with Gasteiger partial charge >= 0.3 is 5.97 Å². The Bertz CT molecular complexity index is 270. The van der Waals surface area contributed by atoms with E-state index in [4.69, 9.17) is 0 Å². The van der Waals surface area contributed by atoms with Crippen LogP contribution in [0.15, 0.2) is 12.2 Å². The van der Waals surface area contributed by atoms with E-state index >= 15 is 0 Å². The molecule has 84 valence electrons. The lowest BCUT2D eigenvalue weighted by Gasteiger charge is -2.11. The summed E-state index contributed by atoms with van der Waals surface area (Å²) < 4.78 is 11.2. The van der Waals surface area contributed by atoms with Crippen LogP contribution in [0, 0.1) is 0 Å². The van der Waals surface area contributed by atoms with E-state index in [2.05, 4.69) is 4.94 Å². The van der Waals surface area contributed by atoms with Crippen LogP contribution in [-0.4, -0.2) is 29.2 Å². The fourth-order valence-corrected chi connectivity index (χ4v) is 0.893. The van der Waals surface area contributed by atoms with E-state index in [0.29, 0.717) is 0 Å². The summed E-state index contributed by atoms with van der Waals surface area (Å²) in [6, 6.07) is 0. The normalized spacial score (nSPS) is 13.7. The van der Waals surface area contributed by atoms with Crippen LogP contribution in [0.4, 0.5) is 4.53 Å². The lowest BCUT2D eigenvalue weighted by molar-refractivity contribution is -0.183. The molecule has 0 spiro atoms. The zero-order chi connectivity index (χ0) is 11.8.